The molecule has 18 heavy (non-hydrogen) atoms. The molecule has 0 aromatic heterocycles. The van der Waals surface area contributed by atoms with Gasteiger partial charge in [-0.15, -0.1) is 0 Å². The highest BCUT2D eigenvalue weighted by atomic mass is 79.9. The molecule has 0 radical (unpaired) electrons. The third-order valence-electron chi connectivity index (χ3n) is 3.04. The molecule has 5 heteroatoms. The second-order valence-electron chi connectivity index (χ2n) is 5.03. The van der Waals surface area contributed by atoms with Crippen LogP contribution in [0, 0.1) is 5.41 Å². The molecule has 100 valence electrons. The van der Waals surface area contributed by atoms with Crippen LogP contribution in [0.2, 0.25) is 0 Å². The second-order valence-corrected chi connectivity index (χ2v) is 5.89. The van der Waals surface area contributed by atoms with E-state index < -0.39 is 6.10 Å². The zero-order valence-corrected chi connectivity index (χ0v) is 11.9. The van der Waals surface area contributed by atoms with Crippen molar-refractivity contribution in [1.29, 1.82) is 0 Å². The molecule has 0 bridgehead atoms. The van der Waals surface area contributed by atoms with E-state index in [1.807, 2.05) is 18.2 Å². The molecule has 1 atom stereocenters. The molecule has 1 fully saturated rings. The number of halogens is 1. The topological polar surface area (TPSA) is 64.7 Å². The Hall–Kier alpha value is -0.620. The summed E-state index contributed by atoms with van der Waals surface area (Å²) in [5, 5.41) is 9.65. The van der Waals surface area contributed by atoms with Crippen LogP contribution >= 0.6 is 15.9 Å². The van der Waals surface area contributed by atoms with Gasteiger partial charge in [0.1, 0.15) is 5.75 Å². The molecule has 0 saturated carbocycles. The Morgan fingerprint density at radius 3 is 2.78 bits per heavy atom. The number of aliphatic hydroxyl groups excluding tert-OH is 1. The molecule has 1 heterocycles. The van der Waals surface area contributed by atoms with E-state index in [1.54, 1.807) is 0 Å². The number of rotatable bonds is 5. The summed E-state index contributed by atoms with van der Waals surface area (Å²) in [5.74, 6) is 0.774. The lowest BCUT2D eigenvalue weighted by molar-refractivity contribution is -0.120. The van der Waals surface area contributed by atoms with E-state index >= 15 is 0 Å². The minimum Gasteiger partial charge on any atom is -0.492 e. The average molecular weight is 316 g/mol. The van der Waals surface area contributed by atoms with Crippen LogP contribution in [0.1, 0.15) is 18.6 Å². The molecule has 0 spiro atoms. The maximum absolute atomic E-state index is 9.65. The Kier molecular flexibility index (Phi) is 4.27. The molecule has 1 saturated heterocycles. The van der Waals surface area contributed by atoms with Gasteiger partial charge in [-0.25, -0.2) is 0 Å². The van der Waals surface area contributed by atoms with E-state index in [4.69, 9.17) is 15.2 Å². The molecule has 3 N–H and O–H groups in total. The van der Waals surface area contributed by atoms with Crippen LogP contribution in [0.3, 0.4) is 0 Å². The summed E-state index contributed by atoms with van der Waals surface area (Å²) < 4.78 is 11.8. The number of ether oxygens (including phenoxy) is 2. The summed E-state index contributed by atoms with van der Waals surface area (Å²) >= 11 is 3.44. The molecule has 2 rings (SSSR count). The Bertz CT molecular complexity index is 421. The highest BCUT2D eigenvalue weighted by Crippen LogP contribution is 2.32. The number of hydrogen-bond donors (Lipinski definition) is 2. The minimum atomic E-state index is -0.632. The molecule has 1 aromatic carbocycles. The Morgan fingerprint density at radius 1 is 1.56 bits per heavy atom. The monoisotopic (exact) mass is 315 g/mol. The molecule has 1 aromatic rings. The van der Waals surface area contributed by atoms with Gasteiger partial charge in [-0.05, 0) is 33.6 Å². The van der Waals surface area contributed by atoms with E-state index in [0.717, 1.165) is 29.0 Å². The van der Waals surface area contributed by atoms with Gasteiger partial charge in [0.25, 0.3) is 0 Å². The zero-order chi connectivity index (χ0) is 13.2. The first-order valence-electron chi connectivity index (χ1n) is 5.92. The van der Waals surface area contributed by atoms with Crippen LogP contribution in [0.15, 0.2) is 22.7 Å². The maximum atomic E-state index is 9.65. The maximum Gasteiger partial charge on any atom is 0.133 e. The molecule has 4 nitrogen and oxygen atoms in total. The van der Waals surface area contributed by atoms with Crippen LogP contribution < -0.4 is 10.5 Å². The number of hydrogen-bond acceptors (Lipinski definition) is 4. The highest BCUT2D eigenvalue weighted by molar-refractivity contribution is 9.10. The van der Waals surface area contributed by atoms with Gasteiger partial charge in [0, 0.05) is 12.0 Å². The highest BCUT2D eigenvalue weighted by Gasteiger charge is 2.34. The molecular weight excluding hydrogens is 298 g/mol. The van der Waals surface area contributed by atoms with Crippen LogP contribution in [0.25, 0.3) is 0 Å². The number of nitrogens with two attached hydrogens (primary N) is 1. The lowest BCUT2D eigenvalue weighted by Crippen LogP contribution is -2.44. The summed E-state index contributed by atoms with van der Waals surface area (Å²) in [6.07, 6.45) is -0.632. The molecule has 0 aliphatic carbocycles. The van der Waals surface area contributed by atoms with E-state index in [-0.39, 0.29) is 12.0 Å². The van der Waals surface area contributed by atoms with Gasteiger partial charge in [-0.2, -0.15) is 0 Å². The van der Waals surface area contributed by atoms with Gasteiger partial charge in [-0.3, -0.25) is 0 Å². The van der Waals surface area contributed by atoms with E-state index in [0.29, 0.717) is 6.61 Å². The predicted molar refractivity (Wildman–Crippen MR) is 72.6 cm³/mol. The quantitative estimate of drug-likeness (QED) is 0.870. The van der Waals surface area contributed by atoms with Crippen molar-refractivity contribution in [2.24, 2.45) is 11.1 Å². The van der Waals surface area contributed by atoms with Gasteiger partial charge in [0.15, 0.2) is 0 Å². The lowest BCUT2D eigenvalue weighted by atomic mass is 9.90. The first-order valence-corrected chi connectivity index (χ1v) is 6.71. The Morgan fingerprint density at radius 2 is 2.28 bits per heavy atom. The Balaban J connectivity index is 2.01. The van der Waals surface area contributed by atoms with Gasteiger partial charge < -0.3 is 20.3 Å². The normalized spacial score (nSPS) is 19.1. The fraction of sp³-hybridized carbons (Fsp3) is 0.538. The molecule has 1 aliphatic rings. The van der Waals surface area contributed by atoms with Crippen molar-refractivity contribution in [3.05, 3.63) is 28.2 Å². The Labute approximate surface area is 115 Å². The van der Waals surface area contributed by atoms with Gasteiger partial charge in [0.05, 0.1) is 30.4 Å². The number of aliphatic hydroxyl groups is 1. The van der Waals surface area contributed by atoms with Crippen LogP contribution in [-0.4, -0.2) is 31.5 Å². The largest absolute Gasteiger partial charge is 0.492 e. The van der Waals surface area contributed by atoms with E-state index in [2.05, 4.69) is 22.9 Å². The first-order chi connectivity index (χ1) is 8.54. The van der Waals surface area contributed by atoms with Crippen LogP contribution in [0.5, 0.6) is 5.75 Å². The average Bonchev–Trinajstić information content (AvgIpc) is 2.34. The van der Waals surface area contributed by atoms with Crippen molar-refractivity contribution in [3.63, 3.8) is 0 Å². The zero-order valence-electron chi connectivity index (χ0n) is 10.4. The summed E-state index contributed by atoms with van der Waals surface area (Å²) in [6, 6.07) is 5.52. The molecular formula is C13H18BrNO3. The van der Waals surface area contributed by atoms with Crippen LogP contribution in [0.4, 0.5) is 0 Å². The van der Waals surface area contributed by atoms with Crippen molar-refractivity contribution in [2.75, 3.05) is 26.4 Å². The standard InChI is InChI=1S/C13H18BrNO3/c1-13(6-17-7-13)8-18-12-3-2-9(4-10(12)14)11(16)5-15/h2-4,11,16H,5-8,15H2,1H3. The first kappa shape index (κ1) is 13.8. The van der Waals surface area contributed by atoms with Crippen molar-refractivity contribution in [2.45, 2.75) is 13.0 Å². The second kappa shape index (κ2) is 5.57. The third kappa shape index (κ3) is 3.03. The summed E-state index contributed by atoms with van der Waals surface area (Å²) in [4.78, 5) is 0. The molecule has 1 aliphatic heterocycles. The van der Waals surface area contributed by atoms with Crippen molar-refractivity contribution in [3.8, 4) is 5.75 Å². The van der Waals surface area contributed by atoms with Gasteiger partial charge >= 0.3 is 0 Å². The summed E-state index contributed by atoms with van der Waals surface area (Å²) in [7, 11) is 0. The lowest BCUT2D eigenvalue weighted by Gasteiger charge is -2.37. The van der Waals surface area contributed by atoms with Crippen molar-refractivity contribution in [1.82, 2.24) is 0 Å². The fourth-order valence-electron chi connectivity index (χ4n) is 1.76. The van der Waals surface area contributed by atoms with Gasteiger partial charge in [-0.1, -0.05) is 13.0 Å². The summed E-state index contributed by atoms with van der Waals surface area (Å²) in [5.41, 5.74) is 6.33. The molecule has 1 unspecified atom stereocenters. The smallest absolute Gasteiger partial charge is 0.133 e. The van der Waals surface area contributed by atoms with E-state index in [9.17, 15) is 5.11 Å². The predicted octanol–water partition coefficient (Wildman–Crippen LogP) is 1.86. The third-order valence-corrected chi connectivity index (χ3v) is 3.66. The summed E-state index contributed by atoms with van der Waals surface area (Å²) in [6.45, 7) is 4.46. The number of benzene rings is 1. The molecule has 0 amide bonds. The van der Waals surface area contributed by atoms with Gasteiger partial charge in [0.2, 0.25) is 0 Å². The van der Waals surface area contributed by atoms with Crippen LogP contribution in [-0.2, 0) is 4.74 Å². The van der Waals surface area contributed by atoms with E-state index in [1.165, 1.54) is 0 Å². The minimum absolute atomic E-state index is 0.120. The van der Waals surface area contributed by atoms with Crippen molar-refractivity contribution < 1.29 is 14.6 Å². The van der Waals surface area contributed by atoms with Crippen molar-refractivity contribution >= 4 is 15.9 Å². The SMILES string of the molecule is CC1(COc2ccc(C(O)CN)cc2Br)COC1. The fourth-order valence-corrected chi connectivity index (χ4v) is 2.27.